The van der Waals surface area contributed by atoms with Crippen LogP contribution in [0.1, 0.15) is 16.7 Å². The predicted octanol–water partition coefficient (Wildman–Crippen LogP) is 3.32. The summed E-state index contributed by atoms with van der Waals surface area (Å²) in [6, 6.07) is 9.44. The molecule has 0 aliphatic rings. The number of anilines is 1. The monoisotopic (exact) mass is 320 g/mol. The van der Waals surface area contributed by atoms with Gasteiger partial charge in [0.15, 0.2) is 0 Å². The lowest BCUT2D eigenvalue weighted by atomic mass is 10.1. The van der Waals surface area contributed by atoms with E-state index in [0.29, 0.717) is 5.69 Å². The van der Waals surface area contributed by atoms with Gasteiger partial charge in [-0.3, -0.25) is 14.8 Å². The van der Waals surface area contributed by atoms with Crippen LogP contribution in [0.15, 0.2) is 41.3 Å². The van der Waals surface area contributed by atoms with Crippen LogP contribution in [0.2, 0.25) is 0 Å². The average molecular weight is 320 g/mol. The lowest BCUT2D eigenvalue weighted by molar-refractivity contribution is -0.385. The Kier molecular flexibility index (Phi) is 4.18. The first-order chi connectivity index (χ1) is 10.2. The Hall–Kier alpha value is -2.41. The Bertz CT molecular complexity index is 824. The van der Waals surface area contributed by atoms with Gasteiger partial charge in [-0.1, -0.05) is 24.3 Å². The van der Waals surface area contributed by atoms with Crippen LogP contribution in [0.4, 0.5) is 11.4 Å². The molecular formula is C15H16N2O4S. The molecule has 0 aliphatic carbocycles. The second kappa shape index (κ2) is 5.76. The predicted molar refractivity (Wildman–Crippen MR) is 84.6 cm³/mol. The molecule has 0 amide bonds. The molecule has 7 heteroatoms. The molecule has 22 heavy (non-hydrogen) atoms. The standard InChI is InChI=1S/C15H16N2O4S/c1-10-6-4-7-11(2)15(10)16-22(20,21)14-9-5-8-13(12(14)3)17(18)19/h4-9,16H,1-3H3. The van der Waals surface area contributed by atoms with Crippen molar-refractivity contribution in [2.24, 2.45) is 0 Å². The molecule has 0 heterocycles. The fourth-order valence-electron chi connectivity index (χ4n) is 2.26. The number of sulfonamides is 1. The third-order valence-electron chi connectivity index (χ3n) is 3.46. The summed E-state index contributed by atoms with van der Waals surface area (Å²) in [4.78, 5) is 10.3. The number of rotatable bonds is 4. The molecule has 1 N–H and O–H groups in total. The van der Waals surface area contributed by atoms with Crippen molar-refractivity contribution >= 4 is 21.4 Å². The minimum absolute atomic E-state index is 0.0932. The highest BCUT2D eigenvalue weighted by molar-refractivity contribution is 7.92. The van der Waals surface area contributed by atoms with E-state index in [1.807, 2.05) is 6.07 Å². The van der Waals surface area contributed by atoms with E-state index >= 15 is 0 Å². The number of benzene rings is 2. The maximum absolute atomic E-state index is 12.6. The molecule has 0 radical (unpaired) electrons. The number of nitrogens with zero attached hydrogens (tertiary/aromatic N) is 1. The second-order valence-electron chi connectivity index (χ2n) is 5.03. The van der Waals surface area contributed by atoms with Crippen molar-refractivity contribution in [3.63, 3.8) is 0 Å². The molecule has 6 nitrogen and oxygen atoms in total. The van der Waals surface area contributed by atoms with E-state index in [1.54, 1.807) is 26.0 Å². The second-order valence-corrected chi connectivity index (χ2v) is 6.68. The SMILES string of the molecule is Cc1cccc(C)c1NS(=O)(=O)c1cccc([N+](=O)[O-])c1C. The lowest BCUT2D eigenvalue weighted by Crippen LogP contribution is -2.16. The van der Waals surface area contributed by atoms with Crippen molar-refractivity contribution in [2.45, 2.75) is 25.7 Å². The number of nitro groups is 1. The number of nitro benzene ring substituents is 1. The maximum Gasteiger partial charge on any atom is 0.273 e. The van der Waals surface area contributed by atoms with Crippen LogP contribution in [-0.4, -0.2) is 13.3 Å². The van der Waals surface area contributed by atoms with Gasteiger partial charge in [0.25, 0.3) is 15.7 Å². The summed E-state index contributed by atoms with van der Waals surface area (Å²) in [7, 11) is -3.90. The minimum atomic E-state index is -3.90. The summed E-state index contributed by atoms with van der Waals surface area (Å²) in [5.74, 6) is 0. The summed E-state index contributed by atoms with van der Waals surface area (Å²) in [6.07, 6.45) is 0. The van der Waals surface area contributed by atoms with Crippen LogP contribution in [0.3, 0.4) is 0 Å². The Morgan fingerprint density at radius 1 is 1.00 bits per heavy atom. The summed E-state index contributed by atoms with van der Waals surface area (Å²) in [6.45, 7) is 5.02. The molecule has 0 aliphatic heterocycles. The van der Waals surface area contributed by atoms with Crippen LogP contribution in [0.5, 0.6) is 0 Å². The first-order valence-corrected chi connectivity index (χ1v) is 8.05. The number of nitrogens with one attached hydrogen (secondary N) is 1. The van der Waals surface area contributed by atoms with E-state index in [2.05, 4.69) is 4.72 Å². The van der Waals surface area contributed by atoms with Crippen molar-refractivity contribution < 1.29 is 13.3 Å². The van der Waals surface area contributed by atoms with Gasteiger partial charge in [0, 0.05) is 11.6 Å². The highest BCUT2D eigenvalue weighted by atomic mass is 32.2. The van der Waals surface area contributed by atoms with E-state index in [9.17, 15) is 18.5 Å². The smallest absolute Gasteiger partial charge is 0.273 e. The third-order valence-corrected chi connectivity index (χ3v) is 4.95. The minimum Gasteiger partial charge on any atom is -0.279 e. The Balaban J connectivity index is 2.53. The Morgan fingerprint density at radius 2 is 1.55 bits per heavy atom. The van der Waals surface area contributed by atoms with Crippen LogP contribution in [0, 0.1) is 30.9 Å². The molecule has 0 fully saturated rings. The van der Waals surface area contributed by atoms with Gasteiger partial charge < -0.3 is 0 Å². The molecule has 0 aromatic heterocycles. The van der Waals surface area contributed by atoms with Crippen molar-refractivity contribution in [1.29, 1.82) is 0 Å². The van der Waals surface area contributed by atoms with Crippen molar-refractivity contribution in [3.8, 4) is 0 Å². The molecule has 0 spiro atoms. The first-order valence-electron chi connectivity index (χ1n) is 6.57. The molecule has 0 bridgehead atoms. The number of hydrogen-bond acceptors (Lipinski definition) is 4. The Morgan fingerprint density at radius 3 is 2.09 bits per heavy atom. The first kappa shape index (κ1) is 16.0. The van der Waals surface area contributed by atoms with Gasteiger partial charge in [-0.05, 0) is 38.0 Å². The molecule has 2 aromatic rings. The van der Waals surface area contributed by atoms with Crippen molar-refractivity contribution in [3.05, 3.63) is 63.2 Å². The van der Waals surface area contributed by atoms with Gasteiger partial charge in [-0.15, -0.1) is 0 Å². The number of aryl methyl sites for hydroxylation is 2. The lowest BCUT2D eigenvalue weighted by Gasteiger charge is -2.14. The van der Waals surface area contributed by atoms with Gasteiger partial charge in [0.1, 0.15) is 0 Å². The molecule has 0 saturated carbocycles. The van der Waals surface area contributed by atoms with Crippen LogP contribution in [0.25, 0.3) is 0 Å². The number of para-hydroxylation sites is 1. The zero-order valence-electron chi connectivity index (χ0n) is 12.5. The molecule has 0 unspecified atom stereocenters. The zero-order valence-corrected chi connectivity index (χ0v) is 13.3. The maximum atomic E-state index is 12.6. The summed E-state index contributed by atoms with van der Waals surface area (Å²) in [5.41, 5.74) is 1.96. The quantitative estimate of drug-likeness (QED) is 0.691. The largest absolute Gasteiger partial charge is 0.279 e. The molecule has 0 atom stereocenters. The van der Waals surface area contributed by atoms with Crippen molar-refractivity contribution in [1.82, 2.24) is 0 Å². The van der Waals surface area contributed by atoms with E-state index in [4.69, 9.17) is 0 Å². The molecule has 2 aromatic carbocycles. The normalized spacial score (nSPS) is 11.2. The molecule has 2 rings (SSSR count). The van der Waals surface area contributed by atoms with Crippen LogP contribution in [-0.2, 0) is 10.0 Å². The molecule has 0 saturated heterocycles. The van der Waals surface area contributed by atoms with Crippen molar-refractivity contribution in [2.75, 3.05) is 4.72 Å². The van der Waals surface area contributed by atoms with Gasteiger partial charge in [-0.25, -0.2) is 8.42 Å². The third kappa shape index (κ3) is 2.94. The van der Waals surface area contributed by atoms with Crippen LogP contribution >= 0.6 is 0 Å². The van der Waals surface area contributed by atoms with Gasteiger partial charge >= 0.3 is 0 Å². The van der Waals surface area contributed by atoms with Gasteiger partial charge in [-0.2, -0.15) is 0 Å². The van der Waals surface area contributed by atoms with E-state index < -0.39 is 14.9 Å². The Labute approximate surface area is 129 Å². The average Bonchev–Trinajstić information content (AvgIpc) is 2.43. The summed E-state index contributed by atoms with van der Waals surface area (Å²) >= 11 is 0. The highest BCUT2D eigenvalue weighted by Crippen LogP contribution is 2.28. The van der Waals surface area contributed by atoms with E-state index in [1.165, 1.54) is 25.1 Å². The number of hydrogen-bond donors (Lipinski definition) is 1. The van der Waals surface area contributed by atoms with E-state index in [-0.39, 0.29) is 16.1 Å². The van der Waals surface area contributed by atoms with E-state index in [0.717, 1.165) is 11.1 Å². The summed E-state index contributed by atoms with van der Waals surface area (Å²) in [5, 5.41) is 11.0. The fourth-order valence-corrected chi connectivity index (χ4v) is 3.72. The molecular weight excluding hydrogens is 304 g/mol. The van der Waals surface area contributed by atoms with Gasteiger partial charge in [0.05, 0.1) is 15.5 Å². The molecule has 116 valence electrons. The fraction of sp³-hybridized carbons (Fsp3) is 0.200. The summed E-state index contributed by atoms with van der Waals surface area (Å²) < 4.78 is 27.7. The van der Waals surface area contributed by atoms with Gasteiger partial charge in [0.2, 0.25) is 0 Å². The topological polar surface area (TPSA) is 89.3 Å². The zero-order chi connectivity index (χ0) is 16.5. The van der Waals surface area contributed by atoms with Crippen LogP contribution < -0.4 is 4.72 Å². The highest BCUT2D eigenvalue weighted by Gasteiger charge is 2.23.